The molecule has 0 spiro atoms. The first-order chi connectivity index (χ1) is 10.3. The molecule has 0 bridgehead atoms. The van der Waals surface area contributed by atoms with Crippen LogP contribution in [0.1, 0.15) is 13.8 Å². The normalized spacial score (nSPS) is 14.6. The van der Waals surface area contributed by atoms with E-state index in [1.54, 1.807) is 43.2 Å². The molecule has 1 N–H and O–H groups in total. The molecule has 22 heavy (non-hydrogen) atoms. The predicted molar refractivity (Wildman–Crippen MR) is 84.0 cm³/mol. The van der Waals surface area contributed by atoms with Crippen LogP contribution in [-0.2, 0) is 6.54 Å². The molecule has 0 amide bonds. The van der Waals surface area contributed by atoms with Gasteiger partial charge in [0.05, 0.1) is 29.4 Å². The van der Waals surface area contributed by atoms with Crippen molar-refractivity contribution in [2.75, 3.05) is 0 Å². The number of alkyl halides is 1. The van der Waals surface area contributed by atoms with Crippen LogP contribution in [0.3, 0.4) is 0 Å². The van der Waals surface area contributed by atoms with Gasteiger partial charge in [-0.05, 0) is 18.2 Å². The third-order valence-corrected chi connectivity index (χ3v) is 4.04. The van der Waals surface area contributed by atoms with E-state index in [0.717, 1.165) is 0 Å². The van der Waals surface area contributed by atoms with Gasteiger partial charge in [0.25, 0.3) is 0 Å². The topological polar surface area (TPSA) is 47.3 Å². The lowest BCUT2D eigenvalue weighted by Gasteiger charge is -2.33. The highest BCUT2D eigenvalue weighted by Gasteiger charge is 2.39. The fraction of sp³-hybridized carbons (Fsp3) is 0.400. The molecule has 0 saturated heterocycles. The van der Waals surface area contributed by atoms with Gasteiger partial charge in [0.1, 0.15) is 5.75 Å². The van der Waals surface area contributed by atoms with Crippen molar-refractivity contribution in [3.8, 4) is 5.75 Å². The van der Waals surface area contributed by atoms with Gasteiger partial charge in [0.15, 0.2) is 0 Å². The van der Waals surface area contributed by atoms with E-state index in [4.69, 9.17) is 27.9 Å². The van der Waals surface area contributed by atoms with Crippen molar-refractivity contribution in [1.29, 1.82) is 0 Å². The minimum absolute atomic E-state index is 0.182. The molecule has 2 aromatic rings. The second-order valence-electron chi connectivity index (χ2n) is 5.61. The van der Waals surface area contributed by atoms with Crippen LogP contribution in [0, 0.1) is 5.41 Å². The Bertz CT molecular complexity index is 620. The molecular weight excluding hydrogens is 330 g/mol. The van der Waals surface area contributed by atoms with Crippen molar-refractivity contribution in [3.63, 3.8) is 0 Å². The van der Waals surface area contributed by atoms with Gasteiger partial charge in [-0.3, -0.25) is 0 Å². The molecule has 0 aliphatic rings. The summed E-state index contributed by atoms with van der Waals surface area (Å²) in [5.74, 6) is 0.182. The molecular formula is C15H17Cl2FN2O2. The number of hydrogen-bond acceptors (Lipinski definition) is 3. The van der Waals surface area contributed by atoms with Crippen LogP contribution in [0.4, 0.5) is 4.39 Å². The molecule has 1 aromatic carbocycles. The van der Waals surface area contributed by atoms with Crippen LogP contribution in [0.2, 0.25) is 10.0 Å². The van der Waals surface area contributed by atoms with Crippen molar-refractivity contribution < 1.29 is 14.2 Å². The van der Waals surface area contributed by atoms with E-state index < -0.39 is 17.9 Å². The van der Waals surface area contributed by atoms with Crippen LogP contribution in [0.5, 0.6) is 5.75 Å². The first-order valence-electron chi connectivity index (χ1n) is 6.70. The summed E-state index contributed by atoms with van der Waals surface area (Å²) in [5.41, 5.74) is -1.15. The Labute approximate surface area is 138 Å². The van der Waals surface area contributed by atoms with Crippen molar-refractivity contribution in [1.82, 2.24) is 9.55 Å². The largest absolute Gasteiger partial charge is 0.458 e. The fourth-order valence-electron chi connectivity index (χ4n) is 1.82. The third-order valence-electron chi connectivity index (χ3n) is 3.51. The van der Waals surface area contributed by atoms with Gasteiger partial charge in [-0.15, -0.1) is 0 Å². The predicted octanol–water partition coefficient (Wildman–Crippen LogP) is 3.95. The number of imidazole rings is 1. The highest BCUT2D eigenvalue weighted by molar-refractivity contribution is 6.35. The molecule has 1 aromatic heterocycles. The number of aliphatic hydroxyl groups is 1. The van der Waals surface area contributed by atoms with Gasteiger partial charge in [-0.1, -0.05) is 37.0 Å². The Morgan fingerprint density at radius 1 is 1.41 bits per heavy atom. The lowest BCUT2D eigenvalue weighted by atomic mass is 9.86. The first kappa shape index (κ1) is 17.1. The van der Waals surface area contributed by atoms with Crippen LogP contribution in [0.25, 0.3) is 0 Å². The maximum atomic E-state index is 14.5. The summed E-state index contributed by atoms with van der Waals surface area (Å²) in [6.45, 7) is 3.39. The number of aromatic nitrogens is 2. The number of benzene rings is 1. The summed E-state index contributed by atoms with van der Waals surface area (Å²) in [6.07, 6.45) is 2.14. The molecule has 1 heterocycles. The van der Waals surface area contributed by atoms with Crippen LogP contribution in [0.15, 0.2) is 36.9 Å². The Morgan fingerprint density at radius 3 is 2.73 bits per heavy atom. The average molecular weight is 347 g/mol. The van der Waals surface area contributed by atoms with Crippen LogP contribution in [-0.4, -0.2) is 27.1 Å². The summed E-state index contributed by atoms with van der Waals surface area (Å²) >= 11 is 11.8. The zero-order valence-corrected chi connectivity index (χ0v) is 13.7. The van der Waals surface area contributed by atoms with Crippen molar-refractivity contribution in [2.45, 2.75) is 32.9 Å². The van der Waals surface area contributed by atoms with Crippen molar-refractivity contribution >= 4 is 23.2 Å². The van der Waals surface area contributed by atoms with Gasteiger partial charge < -0.3 is 14.4 Å². The maximum absolute atomic E-state index is 14.5. The molecule has 0 aliphatic heterocycles. The van der Waals surface area contributed by atoms with Gasteiger partial charge in [-0.25, -0.2) is 9.37 Å². The van der Waals surface area contributed by atoms with Gasteiger partial charge in [0, 0.05) is 17.4 Å². The molecule has 4 nitrogen and oxygen atoms in total. The van der Waals surface area contributed by atoms with E-state index >= 15 is 0 Å². The van der Waals surface area contributed by atoms with Crippen LogP contribution < -0.4 is 4.74 Å². The first-order valence-corrected chi connectivity index (χ1v) is 7.46. The maximum Gasteiger partial charge on any atom is 0.246 e. The number of nitrogens with zero attached hydrogens (tertiary/aromatic N) is 2. The molecule has 0 radical (unpaired) electrons. The Morgan fingerprint density at radius 2 is 2.14 bits per heavy atom. The Hall–Kier alpha value is -1.30. The quantitative estimate of drug-likeness (QED) is 0.861. The molecule has 7 heteroatoms. The Balaban J connectivity index is 2.07. The minimum atomic E-state index is -1.75. The molecule has 0 saturated carbocycles. The van der Waals surface area contributed by atoms with Gasteiger partial charge >= 0.3 is 0 Å². The Kier molecular flexibility index (Phi) is 5.32. The SMILES string of the molecule is CC(C)(C(O)Cn1ccnc1)C(F)Oc1ccc(Cl)cc1Cl. The highest BCUT2D eigenvalue weighted by atomic mass is 35.5. The second kappa shape index (κ2) is 6.86. The number of halogens is 3. The summed E-state index contributed by atoms with van der Waals surface area (Å²) in [6, 6.07) is 4.53. The lowest BCUT2D eigenvalue weighted by Crippen LogP contribution is -2.43. The highest BCUT2D eigenvalue weighted by Crippen LogP contribution is 2.34. The number of rotatable bonds is 6. The zero-order chi connectivity index (χ0) is 16.3. The second-order valence-corrected chi connectivity index (χ2v) is 6.45. The molecule has 120 valence electrons. The molecule has 0 aliphatic carbocycles. The molecule has 2 atom stereocenters. The molecule has 2 unspecified atom stereocenters. The van der Waals surface area contributed by atoms with E-state index in [2.05, 4.69) is 4.98 Å². The van der Waals surface area contributed by atoms with E-state index in [1.807, 2.05) is 0 Å². The minimum Gasteiger partial charge on any atom is -0.458 e. The molecule has 2 rings (SSSR count). The van der Waals surface area contributed by atoms with E-state index in [1.165, 1.54) is 12.1 Å². The van der Waals surface area contributed by atoms with Crippen molar-refractivity contribution in [3.05, 3.63) is 47.0 Å². The molecule has 0 fully saturated rings. The van der Waals surface area contributed by atoms with E-state index in [0.29, 0.717) is 5.02 Å². The zero-order valence-electron chi connectivity index (χ0n) is 12.2. The number of hydrogen-bond donors (Lipinski definition) is 1. The summed E-state index contributed by atoms with van der Waals surface area (Å²) in [4.78, 5) is 3.89. The van der Waals surface area contributed by atoms with E-state index in [-0.39, 0.29) is 17.3 Å². The van der Waals surface area contributed by atoms with Crippen molar-refractivity contribution in [2.24, 2.45) is 5.41 Å². The summed E-state index contributed by atoms with van der Waals surface area (Å²) < 4.78 is 21.5. The lowest BCUT2D eigenvalue weighted by molar-refractivity contribution is -0.103. The van der Waals surface area contributed by atoms with Crippen LogP contribution >= 0.6 is 23.2 Å². The average Bonchev–Trinajstić information content (AvgIpc) is 2.94. The van der Waals surface area contributed by atoms with E-state index in [9.17, 15) is 9.50 Å². The number of aliphatic hydroxyl groups excluding tert-OH is 1. The number of ether oxygens (including phenoxy) is 1. The summed E-state index contributed by atoms with van der Waals surface area (Å²) in [5, 5.41) is 10.9. The standard InChI is InChI=1S/C15H17Cl2FN2O2/c1-15(2,13(21)8-20-6-5-19-9-20)14(18)22-12-4-3-10(16)7-11(12)17/h3-7,9,13-14,21H,8H2,1-2H3. The van der Waals surface area contributed by atoms with Gasteiger partial charge in [-0.2, -0.15) is 0 Å². The van der Waals surface area contributed by atoms with Gasteiger partial charge in [0.2, 0.25) is 6.36 Å². The third kappa shape index (κ3) is 3.91. The monoisotopic (exact) mass is 346 g/mol. The smallest absolute Gasteiger partial charge is 0.246 e. The summed E-state index contributed by atoms with van der Waals surface area (Å²) in [7, 11) is 0. The fourth-order valence-corrected chi connectivity index (χ4v) is 2.27.